The quantitative estimate of drug-likeness (QED) is 0.797. The second-order valence-electron chi connectivity index (χ2n) is 4.02. The summed E-state index contributed by atoms with van der Waals surface area (Å²) in [5, 5.41) is 9.43. The number of hydrogen-bond acceptors (Lipinski definition) is 2. The van der Waals surface area contributed by atoms with Crippen molar-refractivity contribution in [2.45, 2.75) is 36.6 Å². The number of thioether (sulfide) groups is 1. The molecule has 1 aromatic rings. The molecule has 0 aliphatic carbocycles. The second kappa shape index (κ2) is 4.99. The lowest BCUT2D eigenvalue weighted by Crippen LogP contribution is -2.21. The van der Waals surface area contributed by atoms with E-state index in [1.54, 1.807) is 23.9 Å². The zero-order valence-electron chi connectivity index (χ0n) is 9.33. The minimum atomic E-state index is -1.65. The summed E-state index contributed by atoms with van der Waals surface area (Å²) in [6.07, 6.45) is 0. The Hall–Kier alpha value is -0.540. The highest BCUT2D eigenvalue weighted by atomic mass is 32.2. The van der Waals surface area contributed by atoms with E-state index >= 15 is 0 Å². The van der Waals surface area contributed by atoms with Gasteiger partial charge in [-0.2, -0.15) is 0 Å². The second-order valence-corrected chi connectivity index (χ2v) is 5.64. The summed E-state index contributed by atoms with van der Waals surface area (Å²) < 4.78 is 14.0. The van der Waals surface area contributed by atoms with Gasteiger partial charge < -0.3 is 5.11 Å². The normalized spacial score (nSPS) is 15.3. The van der Waals surface area contributed by atoms with Gasteiger partial charge in [-0.3, -0.25) is 0 Å². The molecule has 0 saturated carbocycles. The smallest absolute Gasteiger partial charge is 0.157 e. The number of aliphatic hydroxyl groups excluding tert-OH is 1. The van der Waals surface area contributed by atoms with E-state index < -0.39 is 12.3 Å². The van der Waals surface area contributed by atoms with E-state index in [9.17, 15) is 4.39 Å². The Balaban J connectivity index is 3.06. The SMILES string of the molecule is CC(C)Sc1ccccc1C(C)(F)CO. The van der Waals surface area contributed by atoms with Gasteiger partial charge in [0, 0.05) is 15.7 Å². The zero-order chi connectivity index (χ0) is 11.5. The average Bonchev–Trinajstić information content (AvgIpc) is 2.17. The number of aliphatic hydroxyl groups is 1. The van der Waals surface area contributed by atoms with Crippen LogP contribution in [-0.4, -0.2) is 17.0 Å². The Kier molecular flexibility index (Phi) is 4.17. The number of benzene rings is 1. The topological polar surface area (TPSA) is 20.2 Å². The summed E-state index contributed by atoms with van der Waals surface area (Å²) in [4.78, 5) is 0.909. The molecule has 3 heteroatoms. The van der Waals surface area contributed by atoms with E-state index in [1.165, 1.54) is 6.92 Å². The van der Waals surface area contributed by atoms with Crippen LogP contribution >= 0.6 is 11.8 Å². The van der Waals surface area contributed by atoms with E-state index in [4.69, 9.17) is 5.11 Å². The summed E-state index contributed by atoms with van der Waals surface area (Å²) in [5.41, 5.74) is -1.08. The van der Waals surface area contributed by atoms with E-state index in [0.717, 1.165) is 4.90 Å². The number of hydrogen-bond donors (Lipinski definition) is 1. The van der Waals surface area contributed by atoms with Crippen molar-refractivity contribution in [3.63, 3.8) is 0 Å². The van der Waals surface area contributed by atoms with Crippen molar-refractivity contribution in [2.24, 2.45) is 0 Å². The molecular weight excluding hydrogens is 211 g/mol. The summed E-state index contributed by atoms with van der Waals surface area (Å²) in [6, 6.07) is 7.32. The van der Waals surface area contributed by atoms with Crippen molar-refractivity contribution in [1.29, 1.82) is 0 Å². The zero-order valence-corrected chi connectivity index (χ0v) is 10.1. The molecule has 0 aliphatic heterocycles. The molecule has 1 rings (SSSR count). The molecule has 0 aromatic heterocycles. The molecule has 1 aromatic carbocycles. The first-order valence-electron chi connectivity index (χ1n) is 5.03. The van der Waals surface area contributed by atoms with Crippen LogP contribution in [0.4, 0.5) is 4.39 Å². The summed E-state index contributed by atoms with van der Waals surface area (Å²) in [7, 11) is 0. The maximum atomic E-state index is 14.0. The van der Waals surface area contributed by atoms with Crippen LogP contribution in [0, 0.1) is 0 Å². The molecule has 15 heavy (non-hydrogen) atoms. The first-order valence-corrected chi connectivity index (χ1v) is 5.91. The van der Waals surface area contributed by atoms with Crippen LogP contribution in [0.5, 0.6) is 0 Å². The molecular formula is C12H17FOS. The van der Waals surface area contributed by atoms with Crippen LogP contribution < -0.4 is 0 Å². The first kappa shape index (κ1) is 12.5. The van der Waals surface area contributed by atoms with E-state index in [2.05, 4.69) is 13.8 Å². The maximum absolute atomic E-state index is 14.0. The standard InChI is InChI=1S/C12H17FOS/c1-9(2)15-11-7-5-4-6-10(11)12(3,13)8-14/h4-7,9,14H,8H2,1-3H3. The summed E-state index contributed by atoms with van der Waals surface area (Å²) in [6.45, 7) is 5.06. The Morgan fingerprint density at radius 3 is 2.53 bits per heavy atom. The predicted octanol–water partition coefficient (Wildman–Crippen LogP) is 3.36. The van der Waals surface area contributed by atoms with Crippen molar-refractivity contribution >= 4 is 11.8 Å². The minimum absolute atomic E-state index is 0.403. The van der Waals surface area contributed by atoms with Crippen LogP contribution in [-0.2, 0) is 5.67 Å². The van der Waals surface area contributed by atoms with Gasteiger partial charge in [0.2, 0.25) is 0 Å². The maximum Gasteiger partial charge on any atom is 0.157 e. The van der Waals surface area contributed by atoms with Crippen molar-refractivity contribution in [3.8, 4) is 0 Å². The summed E-state index contributed by atoms with van der Waals surface area (Å²) >= 11 is 1.62. The Morgan fingerprint density at radius 1 is 1.40 bits per heavy atom. The number of halogens is 1. The van der Waals surface area contributed by atoms with Crippen molar-refractivity contribution in [2.75, 3.05) is 6.61 Å². The third-order valence-electron chi connectivity index (χ3n) is 2.11. The molecule has 1 unspecified atom stereocenters. The lowest BCUT2D eigenvalue weighted by atomic mass is 9.99. The fourth-order valence-corrected chi connectivity index (χ4v) is 2.41. The highest BCUT2D eigenvalue weighted by Crippen LogP contribution is 2.35. The van der Waals surface area contributed by atoms with Gasteiger partial charge in [-0.05, 0) is 13.0 Å². The van der Waals surface area contributed by atoms with Crippen LogP contribution in [0.2, 0.25) is 0 Å². The van der Waals surface area contributed by atoms with Gasteiger partial charge in [0.1, 0.15) is 0 Å². The largest absolute Gasteiger partial charge is 0.393 e. The number of alkyl halides is 1. The molecule has 0 heterocycles. The van der Waals surface area contributed by atoms with Gasteiger partial charge in [0.05, 0.1) is 6.61 Å². The van der Waals surface area contributed by atoms with Gasteiger partial charge in [-0.25, -0.2) is 4.39 Å². The molecule has 0 spiro atoms. The molecule has 0 saturated heterocycles. The lowest BCUT2D eigenvalue weighted by molar-refractivity contribution is 0.0844. The van der Waals surface area contributed by atoms with Gasteiger partial charge in [0.25, 0.3) is 0 Å². The Labute approximate surface area is 94.7 Å². The first-order chi connectivity index (χ1) is 6.97. The van der Waals surface area contributed by atoms with E-state index in [1.807, 2.05) is 12.1 Å². The fourth-order valence-electron chi connectivity index (χ4n) is 1.34. The number of rotatable bonds is 4. The van der Waals surface area contributed by atoms with Crippen LogP contribution in [0.1, 0.15) is 26.3 Å². The van der Waals surface area contributed by atoms with Gasteiger partial charge >= 0.3 is 0 Å². The lowest BCUT2D eigenvalue weighted by Gasteiger charge is -2.21. The monoisotopic (exact) mass is 228 g/mol. The highest BCUT2D eigenvalue weighted by molar-refractivity contribution is 8.00. The third kappa shape index (κ3) is 3.21. The molecule has 1 nitrogen and oxygen atoms in total. The average molecular weight is 228 g/mol. The van der Waals surface area contributed by atoms with Crippen molar-refractivity contribution in [3.05, 3.63) is 29.8 Å². The Bertz CT molecular complexity index is 323. The van der Waals surface area contributed by atoms with E-state index in [0.29, 0.717) is 10.8 Å². The molecule has 0 aliphatic rings. The van der Waals surface area contributed by atoms with Crippen molar-refractivity contribution in [1.82, 2.24) is 0 Å². The predicted molar refractivity (Wildman–Crippen MR) is 63.0 cm³/mol. The fraction of sp³-hybridized carbons (Fsp3) is 0.500. The van der Waals surface area contributed by atoms with Gasteiger partial charge in [-0.15, -0.1) is 11.8 Å². The molecule has 84 valence electrons. The Morgan fingerprint density at radius 2 is 2.00 bits per heavy atom. The molecule has 1 N–H and O–H groups in total. The molecule has 0 amide bonds. The molecule has 0 radical (unpaired) electrons. The summed E-state index contributed by atoms with van der Waals surface area (Å²) in [5.74, 6) is 0. The molecule has 1 atom stereocenters. The van der Waals surface area contributed by atoms with E-state index in [-0.39, 0.29) is 0 Å². The minimum Gasteiger partial charge on any atom is -0.393 e. The highest BCUT2D eigenvalue weighted by Gasteiger charge is 2.27. The van der Waals surface area contributed by atoms with Crippen LogP contribution in [0.15, 0.2) is 29.2 Å². The van der Waals surface area contributed by atoms with Gasteiger partial charge in [-0.1, -0.05) is 32.0 Å². The van der Waals surface area contributed by atoms with Crippen LogP contribution in [0.3, 0.4) is 0 Å². The van der Waals surface area contributed by atoms with Gasteiger partial charge in [0.15, 0.2) is 5.67 Å². The third-order valence-corrected chi connectivity index (χ3v) is 3.19. The van der Waals surface area contributed by atoms with Crippen LogP contribution in [0.25, 0.3) is 0 Å². The molecule has 0 bridgehead atoms. The van der Waals surface area contributed by atoms with Crippen molar-refractivity contribution < 1.29 is 9.50 Å². The molecule has 0 fully saturated rings.